The van der Waals surface area contributed by atoms with E-state index in [9.17, 15) is 9.59 Å². The number of nitrogens with one attached hydrogen (secondary N) is 2. The van der Waals surface area contributed by atoms with Gasteiger partial charge in [-0.2, -0.15) is 0 Å². The van der Waals surface area contributed by atoms with Gasteiger partial charge in [0.25, 0.3) is 5.91 Å². The zero-order chi connectivity index (χ0) is 17.4. The Labute approximate surface area is 143 Å². The van der Waals surface area contributed by atoms with Crippen molar-refractivity contribution in [2.24, 2.45) is 5.92 Å². The van der Waals surface area contributed by atoms with E-state index in [1.165, 1.54) is 0 Å². The minimum atomic E-state index is -0.598. The van der Waals surface area contributed by atoms with Crippen molar-refractivity contribution >= 4 is 11.8 Å². The molecule has 1 atom stereocenters. The minimum absolute atomic E-state index is 0.156. The highest BCUT2D eigenvalue weighted by molar-refractivity contribution is 5.97. The van der Waals surface area contributed by atoms with Gasteiger partial charge in [-0.15, -0.1) is 0 Å². The van der Waals surface area contributed by atoms with Crippen molar-refractivity contribution in [3.05, 3.63) is 71.8 Å². The van der Waals surface area contributed by atoms with Crippen molar-refractivity contribution in [2.45, 2.75) is 26.3 Å². The van der Waals surface area contributed by atoms with E-state index in [-0.39, 0.29) is 11.8 Å². The molecular weight excluding hydrogens is 300 g/mol. The second-order valence-corrected chi connectivity index (χ2v) is 6.22. The van der Waals surface area contributed by atoms with Gasteiger partial charge in [-0.05, 0) is 23.6 Å². The van der Waals surface area contributed by atoms with Crippen LogP contribution in [0.3, 0.4) is 0 Å². The minimum Gasteiger partial charge on any atom is -0.354 e. The molecule has 0 aromatic heterocycles. The predicted octanol–water partition coefficient (Wildman–Crippen LogP) is 2.80. The molecule has 4 nitrogen and oxygen atoms in total. The standard InChI is InChI=1S/C20H24N2O2/c1-15(2)14-21-20(24)18(13-16-9-5-3-6-10-16)22-19(23)17-11-7-4-8-12-17/h3-12,15,18H,13-14H2,1-2H3,(H,21,24)(H,22,23)/t18-/m0/s1. The number of rotatable bonds is 7. The van der Waals surface area contributed by atoms with Gasteiger partial charge in [0.1, 0.15) is 6.04 Å². The topological polar surface area (TPSA) is 58.2 Å². The Morgan fingerprint density at radius 3 is 2.08 bits per heavy atom. The van der Waals surface area contributed by atoms with Crippen LogP contribution in [0.15, 0.2) is 60.7 Å². The lowest BCUT2D eigenvalue weighted by atomic mass is 10.0. The zero-order valence-corrected chi connectivity index (χ0v) is 14.2. The molecule has 0 bridgehead atoms. The molecule has 2 aromatic carbocycles. The molecule has 0 saturated heterocycles. The lowest BCUT2D eigenvalue weighted by Gasteiger charge is -2.19. The summed E-state index contributed by atoms with van der Waals surface area (Å²) in [6, 6.07) is 18.0. The van der Waals surface area contributed by atoms with Crippen LogP contribution in [0.25, 0.3) is 0 Å². The first-order valence-corrected chi connectivity index (χ1v) is 8.24. The summed E-state index contributed by atoms with van der Waals surface area (Å²) in [5.41, 5.74) is 1.56. The van der Waals surface area contributed by atoms with Gasteiger partial charge >= 0.3 is 0 Å². The van der Waals surface area contributed by atoms with Crippen molar-refractivity contribution in [2.75, 3.05) is 6.54 Å². The Bertz CT molecular complexity index is 654. The molecular formula is C20H24N2O2. The Morgan fingerprint density at radius 2 is 1.50 bits per heavy atom. The quantitative estimate of drug-likeness (QED) is 0.823. The number of amides is 2. The van der Waals surface area contributed by atoms with E-state index in [4.69, 9.17) is 0 Å². The summed E-state index contributed by atoms with van der Waals surface area (Å²) < 4.78 is 0. The highest BCUT2D eigenvalue weighted by Gasteiger charge is 2.21. The van der Waals surface area contributed by atoms with E-state index in [1.54, 1.807) is 24.3 Å². The van der Waals surface area contributed by atoms with Crippen molar-refractivity contribution in [1.82, 2.24) is 10.6 Å². The van der Waals surface area contributed by atoms with Crippen LogP contribution in [0.5, 0.6) is 0 Å². The summed E-state index contributed by atoms with van der Waals surface area (Å²) in [6.45, 7) is 4.66. The van der Waals surface area contributed by atoms with Gasteiger partial charge in [0.15, 0.2) is 0 Å². The lowest BCUT2D eigenvalue weighted by Crippen LogP contribution is -2.48. The molecule has 0 fully saturated rings. The maximum Gasteiger partial charge on any atom is 0.251 e. The van der Waals surface area contributed by atoms with Gasteiger partial charge < -0.3 is 10.6 Å². The number of carbonyl (C=O) groups excluding carboxylic acids is 2. The highest BCUT2D eigenvalue weighted by atomic mass is 16.2. The summed E-state index contributed by atoms with van der Waals surface area (Å²) in [5, 5.41) is 5.76. The molecule has 24 heavy (non-hydrogen) atoms. The summed E-state index contributed by atoms with van der Waals surface area (Å²) >= 11 is 0. The maximum atomic E-state index is 12.5. The second kappa shape index (κ2) is 8.87. The van der Waals surface area contributed by atoms with Crippen LogP contribution >= 0.6 is 0 Å². The molecule has 0 aliphatic heterocycles. The molecule has 2 aromatic rings. The molecule has 2 rings (SSSR count). The molecule has 0 spiro atoms. The second-order valence-electron chi connectivity index (χ2n) is 6.22. The molecule has 0 aliphatic rings. The summed E-state index contributed by atoms with van der Waals surface area (Å²) in [4.78, 5) is 24.9. The molecule has 126 valence electrons. The van der Waals surface area contributed by atoms with Crippen LogP contribution in [0.4, 0.5) is 0 Å². The van der Waals surface area contributed by atoms with Gasteiger partial charge in [-0.25, -0.2) is 0 Å². The average molecular weight is 324 g/mol. The SMILES string of the molecule is CC(C)CNC(=O)[C@H](Cc1ccccc1)NC(=O)c1ccccc1. The third-order valence-corrected chi connectivity index (χ3v) is 3.62. The zero-order valence-electron chi connectivity index (χ0n) is 14.2. The Hall–Kier alpha value is -2.62. The Kier molecular flexibility index (Phi) is 6.55. The number of hydrogen-bond donors (Lipinski definition) is 2. The predicted molar refractivity (Wildman–Crippen MR) is 95.7 cm³/mol. The molecule has 2 amide bonds. The monoisotopic (exact) mass is 324 g/mol. The van der Waals surface area contributed by atoms with Crippen LogP contribution in [-0.4, -0.2) is 24.4 Å². The first-order chi connectivity index (χ1) is 11.6. The van der Waals surface area contributed by atoms with Crippen LogP contribution < -0.4 is 10.6 Å². The lowest BCUT2D eigenvalue weighted by molar-refractivity contribution is -0.123. The van der Waals surface area contributed by atoms with Crippen LogP contribution in [0.1, 0.15) is 29.8 Å². The van der Waals surface area contributed by atoms with Gasteiger partial charge in [-0.1, -0.05) is 62.4 Å². The van der Waals surface area contributed by atoms with Crippen molar-refractivity contribution in [3.8, 4) is 0 Å². The normalized spacial score (nSPS) is 11.8. The van der Waals surface area contributed by atoms with E-state index >= 15 is 0 Å². The van der Waals surface area contributed by atoms with E-state index in [1.807, 2.05) is 50.2 Å². The van der Waals surface area contributed by atoms with Gasteiger partial charge in [0.2, 0.25) is 5.91 Å². The average Bonchev–Trinajstić information content (AvgIpc) is 2.60. The summed E-state index contributed by atoms with van der Waals surface area (Å²) in [5.74, 6) is -0.0378. The van der Waals surface area contributed by atoms with Crippen molar-refractivity contribution in [3.63, 3.8) is 0 Å². The third kappa shape index (κ3) is 5.54. The first kappa shape index (κ1) is 17.7. The van der Waals surface area contributed by atoms with Crippen LogP contribution in [0.2, 0.25) is 0 Å². The molecule has 0 radical (unpaired) electrons. The van der Waals surface area contributed by atoms with E-state index in [0.717, 1.165) is 5.56 Å². The Morgan fingerprint density at radius 1 is 0.917 bits per heavy atom. The maximum absolute atomic E-state index is 12.5. The van der Waals surface area contributed by atoms with E-state index in [2.05, 4.69) is 10.6 Å². The van der Waals surface area contributed by atoms with Crippen LogP contribution in [0, 0.1) is 5.92 Å². The summed E-state index contributed by atoms with van der Waals surface area (Å²) in [6.07, 6.45) is 0.462. The molecule has 0 heterocycles. The number of benzene rings is 2. The highest BCUT2D eigenvalue weighted by Crippen LogP contribution is 2.06. The van der Waals surface area contributed by atoms with Gasteiger partial charge in [-0.3, -0.25) is 9.59 Å². The fourth-order valence-corrected chi connectivity index (χ4v) is 2.32. The molecule has 2 N–H and O–H groups in total. The number of carbonyl (C=O) groups is 2. The third-order valence-electron chi connectivity index (χ3n) is 3.62. The molecule has 4 heteroatoms. The molecule has 0 aliphatic carbocycles. The van der Waals surface area contributed by atoms with Crippen molar-refractivity contribution < 1.29 is 9.59 Å². The fraction of sp³-hybridized carbons (Fsp3) is 0.300. The van der Waals surface area contributed by atoms with Gasteiger partial charge in [0.05, 0.1) is 0 Å². The fourth-order valence-electron chi connectivity index (χ4n) is 2.32. The summed E-state index contributed by atoms with van der Waals surface area (Å²) in [7, 11) is 0. The first-order valence-electron chi connectivity index (χ1n) is 8.24. The van der Waals surface area contributed by atoms with Gasteiger partial charge in [0, 0.05) is 18.5 Å². The van der Waals surface area contributed by atoms with E-state index < -0.39 is 6.04 Å². The largest absolute Gasteiger partial charge is 0.354 e. The van der Waals surface area contributed by atoms with E-state index in [0.29, 0.717) is 24.4 Å². The molecule has 0 saturated carbocycles. The Balaban J connectivity index is 2.09. The van der Waals surface area contributed by atoms with Crippen molar-refractivity contribution in [1.29, 1.82) is 0 Å². The van der Waals surface area contributed by atoms with Crippen LogP contribution in [-0.2, 0) is 11.2 Å². The smallest absolute Gasteiger partial charge is 0.251 e. The number of hydrogen-bond acceptors (Lipinski definition) is 2. The molecule has 0 unspecified atom stereocenters.